The second-order valence-electron chi connectivity index (χ2n) is 7.94. The molecule has 0 aliphatic rings. The number of halogens is 6. The van der Waals surface area contributed by atoms with Gasteiger partial charge in [-0.2, -0.15) is 26.3 Å². The summed E-state index contributed by atoms with van der Waals surface area (Å²) in [5.41, 5.74) is 0.540. The van der Waals surface area contributed by atoms with Crippen LogP contribution in [0.5, 0.6) is 0 Å². The quantitative estimate of drug-likeness (QED) is 0.174. The molecule has 0 aliphatic carbocycles. The van der Waals surface area contributed by atoms with Gasteiger partial charge in [0, 0.05) is 12.2 Å². The molecule has 3 rings (SSSR count). The molecule has 0 N–H and O–H groups in total. The van der Waals surface area contributed by atoms with Crippen molar-refractivity contribution in [3.8, 4) is 0 Å². The molecule has 0 amide bonds. The van der Waals surface area contributed by atoms with Crippen LogP contribution >= 0.6 is 0 Å². The summed E-state index contributed by atoms with van der Waals surface area (Å²) in [4.78, 5) is 23.8. The van der Waals surface area contributed by atoms with Crippen molar-refractivity contribution in [2.45, 2.75) is 25.6 Å². The number of rotatable bonds is 8. The molecule has 4 nitrogen and oxygen atoms in total. The maximum atomic E-state index is 12.6. The molecule has 0 radical (unpaired) electrons. The Bertz CT molecular complexity index is 1190. The fourth-order valence-corrected chi connectivity index (χ4v) is 3.03. The van der Waals surface area contributed by atoms with Gasteiger partial charge in [0.15, 0.2) is 0 Å². The molecule has 38 heavy (non-hydrogen) atoms. The molecule has 0 heterocycles. The topological polar surface area (TPSA) is 52.6 Å². The molecule has 0 fully saturated rings. The van der Waals surface area contributed by atoms with Crippen LogP contribution in [0.25, 0.3) is 12.2 Å². The summed E-state index contributed by atoms with van der Waals surface area (Å²) in [7, 11) is 0. The predicted molar refractivity (Wildman–Crippen MR) is 127 cm³/mol. The van der Waals surface area contributed by atoms with Gasteiger partial charge in [0.2, 0.25) is 0 Å². The Hall–Kier alpha value is -4.34. The number of hydrogen-bond acceptors (Lipinski definition) is 4. The largest absolute Gasteiger partial charge is 0.458 e. The van der Waals surface area contributed by atoms with Crippen molar-refractivity contribution in [1.82, 2.24) is 0 Å². The summed E-state index contributed by atoms with van der Waals surface area (Å²) in [6.45, 7) is -0.0990. The molecule has 3 aromatic carbocycles. The first kappa shape index (κ1) is 28.2. The Labute approximate surface area is 213 Å². The molecule has 0 bridgehead atoms. The minimum Gasteiger partial charge on any atom is -0.458 e. The van der Waals surface area contributed by atoms with Crippen LogP contribution in [0.4, 0.5) is 26.3 Å². The number of carbonyl (C=O) groups is 2. The van der Waals surface area contributed by atoms with Gasteiger partial charge in [0.1, 0.15) is 13.2 Å². The van der Waals surface area contributed by atoms with E-state index in [0.29, 0.717) is 22.3 Å². The zero-order valence-corrected chi connectivity index (χ0v) is 19.6. The lowest BCUT2D eigenvalue weighted by atomic mass is 10.1. The van der Waals surface area contributed by atoms with E-state index in [2.05, 4.69) is 0 Å². The van der Waals surface area contributed by atoms with Gasteiger partial charge in [0.05, 0.1) is 11.1 Å². The number of alkyl halides is 6. The average molecular weight is 534 g/mol. The van der Waals surface area contributed by atoms with E-state index in [4.69, 9.17) is 9.47 Å². The van der Waals surface area contributed by atoms with Crippen molar-refractivity contribution in [1.29, 1.82) is 0 Å². The Morgan fingerprint density at radius 1 is 0.553 bits per heavy atom. The molecule has 0 atom stereocenters. The SMILES string of the molecule is O=C(/C=C/c1ccc(C(F)(F)F)cc1)OCc1ccc(COC(=O)/C=C/c2ccc(C(F)(F)F)cc2)cc1. The summed E-state index contributed by atoms with van der Waals surface area (Å²) in [5, 5.41) is 0. The Balaban J connectivity index is 1.42. The number of benzene rings is 3. The first-order valence-electron chi connectivity index (χ1n) is 11.0. The average Bonchev–Trinajstić information content (AvgIpc) is 2.88. The number of esters is 2. The Morgan fingerprint density at radius 3 is 1.16 bits per heavy atom. The maximum absolute atomic E-state index is 12.6. The van der Waals surface area contributed by atoms with Crippen LogP contribution in [-0.4, -0.2) is 11.9 Å². The molecule has 0 saturated carbocycles. The van der Waals surface area contributed by atoms with Crippen molar-refractivity contribution in [2.24, 2.45) is 0 Å². The molecule has 0 aliphatic heterocycles. The summed E-state index contributed by atoms with van der Waals surface area (Å²) in [5.74, 6) is -1.36. The fraction of sp³-hybridized carbons (Fsp3) is 0.143. The van der Waals surface area contributed by atoms with Crippen LogP contribution in [0.2, 0.25) is 0 Å². The van der Waals surface area contributed by atoms with E-state index in [9.17, 15) is 35.9 Å². The lowest BCUT2D eigenvalue weighted by Crippen LogP contribution is -2.04. The van der Waals surface area contributed by atoms with Crippen LogP contribution < -0.4 is 0 Å². The van der Waals surface area contributed by atoms with E-state index < -0.39 is 35.4 Å². The van der Waals surface area contributed by atoms with Crippen molar-refractivity contribution in [3.63, 3.8) is 0 Å². The summed E-state index contributed by atoms with van der Waals surface area (Å²) in [6, 6.07) is 15.3. The lowest BCUT2D eigenvalue weighted by molar-refractivity contribution is -0.139. The number of carbonyl (C=O) groups excluding carboxylic acids is 2. The molecule has 0 unspecified atom stereocenters. The third kappa shape index (κ3) is 8.95. The van der Waals surface area contributed by atoms with Crippen molar-refractivity contribution in [3.05, 3.63) is 118 Å². The number of hydrogen-bond donors (Lipinski definition) is 0. The summed E-state index contributed by atoms with van der Waals surface area (Å²) >= 11 is 0. The number of ether oxygens (including phenoxy) is 2. The van der Waals surface area contributed by atoms with E-state index in [1.54, 1.807) is 24.3 Å². The van der Waals surface area contributed by atoms with E-state index in [0.717, 1.165) is 36.4 Å². The Kier molecular flexibility index (Phi) is 9.11. The van der Waals surface area contributed by atoms with Gasteiger partial charge in [0.25, 0.3) is 0 Å². The van der Waals surface area contributed by atoms with Gasteiger partial charge in [-0.3, -0.25) is 0 Å². The first-order chi connectivity index (χ1) is 17.9. The van der Waals surface area contributed by atoms with Gasteiger partial charge in [-0.25, -0.2) is 9.59 Å². The monoisotopic (exact) mass is 534 g/mol. The second kappa shape index (κ2) is 12.3. The van der Waals surface area contributed by atoms with Gasteiger partial charge in [-0.05, 0) is 58.7 Å². The van der Waals surface area contributed by atoms with E-state index >= 15 is 0 Å². The summed E-state index contributed by atoms with van der Waals surface area (Å²) in [6.07, 6.45) is -3.98. The predicted octanol–water partition coefficient (Wildman–Crippen LogP) is 7.24. The molecule has 0 aromatic heterocycles. The standard InChI is InChI=1S/C28H20F6O4/c29-27(30,31)23-11-5-19(6-12-23)9-15-25(35)37-17-21-1-2-22(4-3-21)18-38-26(36)16-10-20-7-13-24(14-8-20)28(32,33)34/h1-16H,17-18H2/b15-9+,16-10+. The van der Waals surface area contributed by atoms with Crippen molar-refractivity contribution in [2.75, 3.05) is 0 Å². The van der Waals surface area contributed by atoms with E-state index in [1.807, 2.05) is 0 Å². The second-order valence-corrected chi connectivity index (χ2v) is 7.94. The normalized spacial score (nSPS) is 12.2. The molecular formula is C28H20F6O4. The van der Waals surface area contributed by atoms with Crippen LogP contribution in [0.1, 0.15) is 33.4 Å². The van der Waals surface area contributed by atoms with Gasteiger partial charge in [-0.15, -0.1) is 0 Å². The highest BCUT2D eigenvalue weighted by atomic mass is 19.4. The highest BCUT2D eigenvalue weighted by Gasteiger charge is 2.30. The molecular weight excluding hydrogens is 514 g/mol. The van der Waals surface area contributed by atoms with Crippen LogP contribution in [0.15, 0.2) is 84.9 Å². The molecule has 3 aromatic rings. The van der Waals surface area contributed by atoms with Gasteiger partial charge >= 0.3 is 24.3 Å². The van der Waals surface area contributed by atoms with Crippen LogP contribution in [0, 0.1) is 0 Å². The van der Waals surface area contributed by atoms with Crippen molar-refractivity contribution < 1.29 is 45.4 Å². The van der Waals surface area contributed by atoms with E-state index in [-0.39, 0.29) is 13.2 Å². The molecule has 198 valence electrons. The zero-order chi connectivity index (χ0) is 27.8. The van der Waals surface area contributed by atoms with Crippen LogP contribution in [-0.2, 0) is 44.6 Å². The maximum Gasteiger partial charge on any atom is 0.416 e. The van der Waals surface area contributed by atoms with Gasteiger partial charge in [-0.1, -0.05) is 48.5 Å². The van der Waals surface area contributed by atoms with Crippen molar-refractivity contribution >= 4 is 24.1 Å². The summed E-state index contributed by atoms with van der Waals surface area (Å²) < 4.78 is 85.7. The smallest absolute Gasteiger partial charge is 0.416 e. The molecule has 10 heteroatoms. The third-order valence-electron chi connectivity index (χ3n) is 5.08. The molecule has 0 spiro atoms. The highest BCUT2D eigenvalue weighted by Crippen LogP contribution is 2.30. The first-order valence-corrected chi connectivity index (χ1v) is 11.0. The third-order valence-corrected chi connectivity index (χ3v) is 5.08. The minimum absolute atomic E-state index is 0.0495. The highest BCUT2D eigenvalue weighted by molar-refractivity contribution is 5.87. The molecule has 0 saturated heterocycles. The van der Waals surface area contributed by atoms with Crippen LogP contribution in [0.3, 0.4) is 0 Å². The minimum atomic E-state index is -4.44. The Morgan fingerprint density at radius 2 is 0.868 bits per heavy atom. The zero-order valence-electron chi connectivity index (χ0n) is 19.6. The van der Waals surface area contributed by atoms with Gasteiger partial charge < -0.3 is 9.47 Å². The fourth-order valence-electron chi connectivity index (χ4n) is 3.03. The lowest BCUT2D eigenvalue weighted by Gasteiger charge is -2.06. The van der Waals surface area contributed by atoms with E-state index in [1.165, 1.54) is 36.4 Å².